The van der Waals surface area contributed by atoms with E-state index in [9.17, 15) is 9.59 Å². The largest absolute Gasteiger partial charge is 0.360 e. The van der Waals surface area contributed by atoms with E-state index in [1.807, 2.05) is 42.5 Å². The lowest BCUT2D eigenvalue weighted by Gasteiger charge is -2.16. The molecule has 2 N–H and O–H groups in total. The van der Waals surface area contributed by atoms with Crippen LogP contribution < -0.4 is 5.32 Å². The third-order valence-corrected chi connectivity index (χ3v) is 3.74. The molecular weight excluding hydrogens is 304 g/mol. The minimum absolute atomic E-state index is 0.00876. The summed E-state index contributed by atoms with van der Waals surface area (Å²) in [7, 11) is 1.62. The number of amides is 2. The van der Waals surface area contributed by atoms with Gasteiger partial charge in [-0.2, -0.15) is 0 Å². The molecule has 0 atom stereocenters. The number of hydrogen-bond donors (Lipinski definition) is 2. The molecule has 6 nitrogen and oxygen atoms in total. The minimum atomic E-state index is -0.226. The summed E-state index contributed by atoms with van der Waals surface area (Å²) >= 11 is 0. The summed E-state index contributed by atoms with van der Waals surface area (Å²) in [5, 5.41) is 3.61. The smallest absolute Gasteiger partial charge is 0.256 e. The van der Waals surface area contributed by atoms with Gasteiger partial charge >= 0.3 is 0 Å². The molecule has 0 fully saturated rings. The fourth-order valence-electron chi connectivity index (χ4n) is 2.49. The lowest BCUT2D eigenvalue weighted by atomic mass is 10.1. The zero-order valence-corrected chi connectivity index (χ0v) is 13.3. The molecular formula is C18H18N4O2. The maximum absolute atomic E-state index is 12.5. The highest BCUT2D eigenvalue weighted by Gasteiger charge is 2.18. The molecule has 0 spiro atoms. The van der Waals surface area contributed by atoms with E-state index in [4.69, 9.17) is 0 Å². The van der Waals surface area contributed by atoms with Gasteiger partial charge in [0.2, 0.25) is 5.91 Å². The van der Waals surface area contributed by atoms with Gasteiger partial charge in [-0.1, -0.05) is 24.3 Å². The second kappa shape index (κ2) is 6.95. The summed E-state index contributed by atoms with van der Waals surface area (Å²) in [5.74, 6) is -0.420. The van der Waals surface area contributed by atoms with Crippen molar-refractivity contribution in [2.45, 2.75) is 6.54 Å². The average molecular weight is 322 g/mol. The van der Waals surface area contributed by atoms with Crippen molar-refractivity contribution < 1.29 is 9.59 Å². The van der Waals surface area contributed by atoms with Gasteiger partial charge in [-0.15, -0.1) is 0 Å². The molecule has 0 bridgehead atoms. The van der Waals surface area contributed by atoms with Crippen LogP contribution in [0.25, 0.3) is 10.9 Å². The number of aromatic amines is 1. The highest BCUT2D eigenvalue weighted by Crippen LogP contribution is 2.18. The van der Waals surface area contributed by atoms with Crippen LogP contribution in [0.2, 0.25) is 0 Å². The summed E-state index contributed by atoms with van der Waals surface area (Å²) in [6.45, 7) is 0.333. The van der Waals surface area contributed by atoms with Crippen molar-refractivity contribution in [3.63, 3.8) is 0 Å². The van der Waals surface area contributed by atoms with Gasteiger partial charge in [0.15, 0.2) is 0 Å². The summed E-state index contributed by atoms with van der Waals surface area (Å²) in [6.07, 6.45) is 3.35. The van der Waals surface area contributed by atoms with Crippen LogP contribution in [-0.4, -0.2) is 40.3 Å². The number of aromatic nitrogens is 2. The Balaban J connectivity index is 1.60. The molecule has 122 valence electrons. The Bertz CT molecular complexity index is 858. The molecule has 0 aliphatic heterocycles. The zero-order chi connectivity index (χ0) is 16.9. The Labute approximate surface area is 139 Å². The van der Waals surface area contributed by atoms with Gasteiger partial charge in [0.1, 0.15) is 0 Å². The van der Waals surface area contributed by atoms with Crippen molar-refractivity contribution in [3.8, 4) is 0 Å². The van der Waals surface area contributed by atoms with Crippen molar-refractivity contribution in [2.75, 3.05) is 13.6 Å². The van der Waals surface area contributed by atoms with Crippen LogP contribution in [0.1, 0.15) is 16.1 Å². The van der Waals surface area contributed by atoms with Crippen LogP contribution in [0, 0.1) is 0 Å². The van der Waals surface area contributed by atoms with Crippen molar-refractivity contribution in [2.24, 2.45) is 0 Å². The van der Waals surface area contributed by atoms with Crippen LogP contribution in [0.5, 0.6) is 0 Å². The number of fused-ring (bicyclic) bond motifs is 1. The van der Waals surface area contributed by atoms with Crippen LogP contribution in [-0.2, 0) is 11.3 Å². The number of likely N-dealkylation sites (N-methyl/N-ethyl adjacent to an activating group) is 1. The fraction of sp³-hybridized carbons (Fsp3) is 0.167. The summed E-state index contributed by atoms with van der Waals surface area (Å²) in [4.78, 5) is 33.2. The molecule has 0 saturated carbocycles. The van der Waals surface area contributed by atoms with Gasteiger partial charge in [-0.25, -0.2) is 0 Å². The molecule has 0 aliphatic rings. The van der Waals surface area contributed by atoms with E-state index in [1.54, 1.807) is 19.4 Å². The second-order valence-corrected chi connectivity index (χ2v) is 5.51. The fourth-order valence-corrected chi connectivity index (χ4v) is 2.49. The predicted octanol–water partition coefficient (Wildman–Crippen LogP) is 1.95. The monoisotopic (exact) mass is 322 g/mol. The van der Waals surface area contributed by atoms with Gasteiger partial charge in [0.05, 0.1) is 24.3 Å². The lowest BCUT2D eigenvalue weighted by molar-refractivity contribution is -0.121. The van der Waals surface area contributed by atoms with Gasteiger partial charge in [-0.3, -0.25) is 14.6 Å². The maximum atomic E-state index is 12.5. The number of nitrogens with zero attached hydrogens (tertiary/aromatic N) is 2. The molecule has 0 unspecified atom stereocenters. The van der Waals surface area contributed by atoms with Crippen LogP contribution in [0.3, 0.4) is 0 Å². The number of para-hydroxylation sites is 1. The SMILES string of the molecule is CN(CC(=O)NCc1ccccn1)C(=O)c1c[nH]c2ccccc12. The second-order valence-electron chi connectivity index (χ2n) is 5.51. The van der Waals surface area contributed by atoms with Gasteiger partial charge in [0, 0.05) is 30.3 Å². The number of nitrogens with one attached hydrogen (secondary N) is 2. The summed E-state index contributed by atoms with van der Waals surface area (Å²) < 4.78 is 0. The van der Waals surface area contributed by atoms with Crippen LogP contribution in [0.15, 0.2) is 54.9 Å². The molecule has 0 saturated heterocycles. The minimum Gasteiger partial charge on any atom is -0.360 e. The first-order chi connectivity index (χ1) is 11.6. The Morgan fingerprint density at radius 1 is 1.17 bits per heavy atom. The van der Waals surface area contributed by atoms with Crippen LogP contribution >= 0.6 is 0 Å². The Hall–Kier alpha value is -3.15. The number of H-pyrrole nitrogens is 1. The average Bonchev–Trinajstić information content (AvgIpc) is 3.04. The van der Waals surface area contributed by atoms with E-state index in [0.717, 1.165) is 16.6 Å². The van der Waals surface area contributed by atoms with Gasteiger partial charge in [0.25, 0.3) is 5.91 Å². The predicted molar refractivity (Wildman–Crippen MR) is 91.3 cm³/mol. The first-order valence-electron chi connectivity index (χ1n) is 7.63. The molecule has 0 aliphatic carbocycles. The van der Waals surface area contributed by atoms with Gasteiger partial charge < -0.3 is 15.2 Å². The third kappa shape index (κ3) is 3.43. The topological polar surface area (TPSA) is 78.1 Å². The van der Waals surface area contributed by atoms with Crippen molar-refractivity contribution in [1.29, 1.82) is 0 Å². The molecule has 2 aromatic heterocycles. The maximum Gasteiger partial charge on any atom is 0.256 e. The molecule has 2 amide bonds. The highest BCUT2D eigenvalue weighted by molar-refractivity contribution is 6.07. The Morgan fingerprint density at radius 2 is 1.96 bits per heavy atom. The number of rotatable bonds is 5. The first-order valence-corrected chi connectivity index (χ1v) is 7.63. The van der Waals surface area contributed by atoms with E-state index in [1.165, 1.54) is 4.90 Å². The quantitative estimate of drug-likeness (QED) is 0.753. The zero-order valence-electron chi connectivity index (χ0n) is 13.3. The normalized spacial score (nSPS) is 10.5. The molecule has 24 heavy (non-hydrogen) atoms. The van der Waals surface area contributed by atoms with Gasteiger partial charge in [-0.05, 0) is 18.2 Å². The third-order valence-electron chi connectivity index (χ3n) is 3.74. The van der Waals surface area contributed by atoms with Crippen molar-refractivity contribution >= 4 is 22.7 Å². The molecule has 3 rings (SSSR count). The lowest BCUT2D eigenvalue weighted by Crippen LogP contribution is -2.38. The first kappa shape index (κ1) is 15.7. The van der Waals surface area contributed by atoms with Crippen LogP contribution in [0.4, 0.5) is 0 Å². The van der Waals surface area contributed by atoms with E-state index in [2.05, 4.69) is 15.3 Å². The highest BCUT2D eigenvalue weighted by atomic mass is 16.2. The number of hydrogen-bond acceptors (Lipinski definition) is 3. The molecule has 2 heterocycles. The Morgan fingerprint density at radius 3 is 2.75 bits per heavy atom. The number of pyridine rings is 1. The van der Waals surface area contributed by atoms with E-state index in [0.29, 0.717) is 12.1 Å². The number of benzene rings is 1. The molecule has 0 radical (unpaired) electrons. The molecule has 1 aromatic carbocycles. The van der Waals surface area contributed by atoms with Crippen molar-refractivity contribution in [1.82, 2.24) is 20.2 Å². The van der Waals surface area contributed by atoms with Crippen molar-refractivity contribution in [3.05, 3.63) is 66.1 Å². The summed E-state index contributed by atoms with van der Waals surface area (Å²) in [6, 6.07) is 13.1. The standard InChI is InChI=1S/C18H18N4O2/c1-22(12-17(23)21-10-13-6-4-5-9-19-13)18(24)15-11-20-16-8-3-2-7-14(15)16/h2-9,11,20H,10,12H2,1H3,(H,21,23). The molecule has 3 aromatic rings. The summed E-state index contributed by atoms with van der Waals surface area (Å²) in [5.41, 5.74) is 2.23. The number of carbonyl (C=O) groups excluding carboxylic acids is 2. The van der Waals surface area contributed by atoms with E-state index >= 15 is 0 Å². The number of carbonyl (C=O) groups is 2. The Kier molecular flexibility index (Phi) is 4.56. The molecule has 6 heteroatoms. The van der Waals surface area contributed by atoms with E-state index < -0.39 is 0 Å². The van der Waals surface area contributed by atoms with E-state index in [-0.39, 0.29) is 18.4 Å².